The number of aryl methyl sites for hydroxylation is 1. The summed E-state index contributed by atoms with van der Waals surface area (Å²) in [6.45, 7) is 1.05. The van der Waals surface area contributed by atoms with Crippen LogP contribution in [-0.2, 0) is 6.42 Å². The average Bonchev–Trinajstić information content (AvgIpc) is 2.53. The molecular weight excluding hydrogens is 250 g/mol. The molecule has 0 saturated heterocycles. The quantitative estimate of drug-likeness (QED) is 0.921. The minimum absolute atomic E-state index is 0.807. The maximum absolute atomic E-state index is 5.49. The van der Waals surface area contributed by atoms with Crippen molar-refractivity contribution in [3.8, 4) is 22.6 Å². The van der Waals surface area contributed by atoms with Gasteiger partial charge in [-0.15, -0.1) is 0 Å². The van der Waals surface area contributed by atoms with Gasteiger partial charge in [0.1, 0.15) is 11.5 Å². The summed E-state index contributed by atoms with van der Waals surface area (Å²) < 4.78 is 10.7. The summed E-state index contributed by atoms with van der Waals surface area (Å²) >= 11 is 0. The smallest absolute Gasteiger partial charge is 0.130 e. The molecule has 1 N–H and O–H groups in total. The zero-order valence-electron chi connectivity index (χ0n) is 11.9. The van der Waals surface area contributed by atoms with Crippen LogP contribution in [0.25, 0.3) is 11.1 Å². The second-order valence-electron chi connectivity index (χ2n) is 4.97. The van der Waals surface area contributed by atoms with Crippen LogP contribution >= 0.6 is 0 Å². The number of rotatable bonds is 3. The summed E-state index contributed by atoms with van der Waals surface area (Å²) in [7, 11) is 3.35. The second kappa shape index (κ2) is 5.45. The Morgan fingerprint density at radius 1 is 1.00 bits per heavy atom. The zero-order chi connectivity index (χ0) is 13.9. The fourth-order valence-electron chi connectivity index (χ4n) is 2.67. The van der Waals surface area contributed by atoms with Crippen LogP contribution in [-0.4, -0.2) is 20.8 Å². The molecule has 2 aromatic carbocycles. The lowest BCUT2D eigenvalue weighted by Crippen LogP contribution is -2.11. The van der Waals surface area contributed by atoms with E-state index in [0.717, 1.165) is 35.6 Å². The highest BCUT2D eigenvalue weighted by atomic mass is 16.5. The first-order valence-corrected chi connectivity index (χ1v) is 6.91. The van der Waals surface area contributed by atoms with E-state index in [9.17, 15) is 0 Å². The highest BCUT2D eigenvalue weighted by Crippen LogP contribution is 2.36. The highest BCUT2D eigenvalue weighted by molar-refractivity contribution is 5.75. The SMILES string of the molecule is COc1ccc(-c2ccc3c(c2)NCCC3)c(OC)c1. The second-order valence-corrected chi connectivity index (χ2v) is 4.97. The molecule has 0 unspecified atom stereocenters. The summed E-state index contributed by atoms with van der Waals surface area (Å²) in [4.78, 5) is 0. The maximum atomic E-state index is 5.49. The molecule has 3 rings (SSSR count). The van der Waals surface area contributed by atoms with Gasteiger partial charge in [-0.2, -0.15) is 0 Å². The molecule has 0 atom stereocenters. The Morgan fingerprint density at radius 3 is 2.70 bits per heavy atom. The van der Waals surface area contributed by atoms with E-state index >= 15 is 0 Å². The first-order chi connectivity index (χ1) is 9.81. The molecule has 0 aromatic heterocycles. The predicted molar refractivity (Wildman–Crippen MR) is 81.8 cm³/mol. The molecule has 0 radical (unpaired) electrons. The van der Waals surface area contributed by atoms with E-state index in [1.165, 1.54) is 17.7 Å². The molecule has 20 heavy (non-hydrogen) atoms. The van der Waals surface area contributed by atoms with Gasteiger partial charge in [0.2, 0.25) is 0 Å². The highest BCUT2D eigenvalue weighted by Gasteiger charge is 2.12. The molecule has 0 saturated carbocycles. The van der Waals surface area contributed by atoms with Crippen molar-refractivity contribution in [2.75, 3.05) is 26.1 Å². The Bertz CT molecular complexity index is 622. The van der Waals surface area contributed by atoms with Crippen molar-refractivity contribution < 1.29 is 9.47 Å². The van der Waals surface area contributed by atoms with Crippen LogP contribution < -0.4 is 14.8 Å². The Labute approximate surface area is 119 Å². The summed E-state index contributed by atoms with van der Waals surface area (Å²) in [5, 5.41) is 3.47. The molecular formula is C17H19NO2. The number of fused-ring (bicyclic) bond motifs is 1. The van der Waals surface area contributed by atoms with E-state index in [1.807, 2.05) is 18.2 Å². The molecule has 0 amide bonds. The Balaban J connectivity index is 2.04. The fourth-order valence-corrected chi connectivity index (χ4v) is 2.67. The van der Waals surface area contributed by atoms with Crippen LogP contribution in [0, 0.1) is 0 Å². The normalized spacial score (nSPS) is 13.3. The van der Waals surface area contributed by atoms with Crippen LogP contribution in [0.5, 0.6) is 11.5 Å². The van der Waals surface area contributed by atoms with Gasteiger partial charge in [-0.3, -0.25) is 0 Å². The molecule has 104 valence electrons. The van der Waals surface area contributed by atoms with Crippen LogP contribution in [0.2, 0.25) is 0 Å². The minimum atomic E-state index is 0.807. The van der Waals surface area contributed by atoms with Gasteiger partial charge >= 0.3 is 0 Å². The summed E-state index contributed by atoms with van der Waals surface area (Å²) in [6.07, 6.45) is 2.36. The number of hydrogen-bond acceptors (Lipinski definition) is 3. The number of anilines is 1. The van der Waals surface area contributed by atoms with E-state index in [4.69, 9.17) is 9.47 Å². The molecule has 3 nitrogen and oxygen atoms in total. The number of benzene rings is 2. The van der Waals surface area contributed by atoms with Gasteiger partial charge in [0, 0.05) is 23.9 Å². The number of ether oxygens (including phenoxy) is 2. The summed E-state index contributed by atoms with van der Waals surface area (Å²) in [6, 6.07) is 12.5. The standard InChI is InChI=1S/C17H19NO2/c1-19-14-7-8-15(17(11-14)20-2)13-6-5-12-4-3-9-18-16(12)10-13/h5-8,10-11,18H,3-4,9H2,1-2H3. The van der Waals surface area contributed by atoms with E-state index in [-0.39, 0.29) is 0 Å². The van der Waals surface area contributed by atoms with Crippen LogP contribution in [0.4, 0.5) is 5.69 Å². The largest absolute Gasteiger partial charge is 0.497 e. The van der Waals surface area contributed by atoms with Gasteiger partial charge in [0.05, 0.1) is 14.2 Å². The van der Waals surface area contributed by atoms with Crippen molar-refractivity contribution in [1.29, 1.82) is 0 Å². The van der Waals surface area contributed by atoms with Crippen molar-refractivity contribution in [1.82, 2.24) is 0 Å². The minimum Gasteiger partial charge on any atom is -0.497 e. The number of nitrogens with one attached hydrogen (secondary N) is 1. The lowest BCUT2D eigenvalue weighted by Gasteiger charge is -2.19. The van der Waals surface area contributed by atoms with Crippen LogP contribution in [0.15, 0.2) is 36.4 Å². The predicted octanol–water partition coefficient (Wildman–Crippen LogP) is 3.73. The van der Waals surface area contributed by atoms with Crippen molar-refractivity contribution in [2.45, 2.75) is 12.8 Å². The molecule has 2 aromatic rings. The topological polar surface area (TPSA) is 30.5 Å². The first kappa shape index (κ1) is 12.9. The van der Waals surface area contributed by atoms with Gasteiger partial charge in [0.25, 0.3) is 0 Å². The molecule has 0 aliphatic carbocycles. The zero-order valence-corrected chi connectivity index (χ0v) is 11.9. The number of methoxy groups -OCH3 is 2. The van der Waals surface area contributed by atoms with E-state index in [2.05, 4.69) is 23.5 Å². The molecule has 3 heteroatoms. The Hall–Kier alpha value is -2.16. The molecule has 1 aliphatic rings. The first-order valence-electron chi connectivity index (χ1n) is 6.91. The van der Waals surface area contributed by atoms with Crippen molar-refractivity contribution in [3.63, 3.8) is 0 Å². The van der Waals surface area contributed by atoms with Crippen molar-refractivity contribution in [2.24, 2.45) is 0 Å². The molecule has 1 heterocycles. The molecule has 1 aliphatic heterocycles. The van der Waals surface area contributed by atoms with Crippen molar-refractivity contribution in [3.05, 3.63) is 42.0 Å². The van der Waals surface area contributed by atoms with Gasteiger partial charge in [-0.05, 0) is 42.2 Å². The third-order valence-electron chi connectivity index (χ3n) is 3.77. The lowest BCUT2D eigenvalue weighted by molar-refractivity contribution is 0.395. The third-order valence-corrected chi connectivity index (χ3v) is 3.77. The summed E-state index contributed by atoms with van der Waals surface area (Å²) in [5.41, 5.74) is 4.89. The Kier molecular flexibility index (Phi) is 3.50. The summed E-state index contributed by atoms with van der Waals surface area (Å²) in [5.74, 6) is 1.64. The molecule has 0 bridgehead atoms. The number of hydrogen-bond donors (Lipinski definition) is 1. The van der Waals surface area contributed by atoms with E-state index in [0.29, 0.717) is 0 Å². The third kappa shape index (κ3) is 2.31. The van der Waals surface area contributed by atoms with Gasteiger partial charge in [0.15, 0.2) is 0 Å². The van der Waals surface area contributed by atoms with Gasteiger partial charge < -0.3 is 14.8 Å². The fraction of sp³-hybridized carbons (Fsp3) is 0.294. The van der Waals surface area contributed by atoms with Gasteiger partial charge in [-0.1, -0.05) is 12.1 Å². The molecule has 0 fully saturated rings. The Morgan fingerprint density at radius 2 is 1.90 bits per heavy atom. The average molecular weight is 269 g/mol. The van der Waals surface area contributed by atoms with Crippen LogP contribution in [0.3, 0.4) is 0 Å². The molecule has 0 spiro atoms. The lowest BCUT2D eigenvalue weighted by atomic mass is 9.97. The van der Waals surface area contributed by atoms with E-state index < -0.39 is 0 Å². The maximum Gasteiger partial charge on any atom is 0.130 e. The monoisotopic (exact) mass is 269 g/mol. The van der Waals surface area contributed by atoms with E-state index in [1.54, 1.807) is 14.2 Å². The van der Waals surface area contributed by atoms with Crippen molar-refractivity contribution >= 4 is 5.69 Å². The van der Waals surface area contributed by atoms with Crippen LogP contribution in [0.1, 0.15) is 12.0 Å². The van der Waals surface area contributed by atoms with Gasteiger partial charge in [-0.25, -0.2) is 0 Å².